The number of nitrogens with zero attached hydrogens (tertiary/aromatic N) is 2. The van der Waals surface area contributed by atoms with Gasteiger partial charge in [0.15, 0.2) is 0 Å². The molecule has 2 atom stereocenters. The molecule has 2 aliphatic rings. The molecular weight excluding hydrogens is 372 g/mol. The van der Waals surface area contributed by atoms with Crippen molar-refractivity contribution in [3.63, 3.8) is 0 Å². The Morgan fingerprint density at radius 1 is 0.867 bits per heavy atom. The molecule has 4 heteroatoms. The van der Waals surface area contributed by atoms with Crippen LogP contribution in [0.4, 0.5) is 0 Å². The van der Waals surface area contributed by atoms with Crippen LogP contribution in [0.1, 0.15) is 31.2 Å². The lowest BCUT2D eigenvalue weighted by molar-refractivity contribution is -0.136. The van der Waals surface area contributed by atoms with Gasteiger partial charge in [-0.15, -0.1) is 0 Å². The maximum Gasteiger partial charge on any atom is 0.227 e. The Labute approximate surface area is 177 Å². The molecule has 152 valence electrons. The first-order chi connectivity index (χ1) is 14.8. The van der Waals surface area contributed by atoms with E-state index in [1.807, 2.05) is 36.4 Å². The summed E-state index contributed by atoms with van der Waals surface area (Å²) in [5.74, 6) is 0.923. The summed E-state index contributed by atoms with van der Waals surface area (Å²) in [6.45, 7) is 0. The van der Waals surface area contributed by atoms with Gasteiger partial charge in [-0.2, -0.15) is 0 Å². The van der Waals surface area contributed by atoms with Crippen LogP contribution < -0.4 is 4.74 Å². The Morgan fingerprint density at radius 2 is 1.53 bits per heavy atom. The first kappa shape index (κ1) is 18.9. The normalized spacial score (nSPS) is 22.7. The average Bonchev–Trinajstić information content (AvgIpc) is 3.06. The number of rotatable bonds is 5. The molecule has 2 aliphatic heterocycles. The van der Waals surface area contributed by atoms with E-state index < -0.39 is 0 Å². The van der Waals surface area contributed by atoms with Crippen LogP contribution in [0.3, 0.4) is 0 Å². The molecule has 0 saturated carbocycles. The Kier molecular flexibility index (Phi) is 5.22. The molecule has 3 aromatic rings. The Hall–Kier alpha value is -3.14. The first-order valence-corrected chi connectivity index (χ1v) is 10.8. The van der Waals surface area contributed by atoms with E-state index in [0.29, 0.717) is 12.3 Å². The third-order valence-corrected chi connectivity index (χ3v) is 6.32. The third-order valence-electron chi connectivity index (χ3n) is 6.32. The minimum absolute atomic E-state index is 0.145. The van der Waals surface area contributed by atoms with Crippen LogP contribution >= 0.6 is 0 Å². The van der Waals surface area contributed by atoms with E-state index >= 15 is 0 Å². The summed E-state index contributed by atoms with van der Waals surface area (Å²) in [5, 5.41) is 0. The molecule has 5 rings (SSSR count). The summed E-state index contributed by atoms with van der Waals surface area (Å²) in [7, 11) is 0. The molecule has 0 N–H and O–H groups in total. The molecule has 2 unspecified atom stereocenters. The SMILES string of the molecule is O=C(Cc1ccc(-c2ccccc2)cc1)N1C2CCC1CC(Oc1ccccn1)C2. The lowest BCUT2D eigenvalue weighted by atomic mass is 9.98. The van der Waals surface area contributed by atoms with Crippen LogP contribution in [0.15, 0.2) is 79.0 Å². The van der Waals surface area contributed by atoms with E-state index in [9.17, 15) is 4.79 Å². The molecule has 30 heavy (non-hydrogen) atoms. The standard InChI is InChI=1S/C26H26N2O2/c29-26(16-19-9-11-21(12-10-19)20-6-2-1-3-7-20)28-22-13-14-23(28)18-24(17-22)30-25-8-4-5-15-27-25/h1-12,15,22-24H,13-14,16-18H2. The van der Waals surface area contributed by atoms with Crippen molar-refractivity contribution in [1.82, 2.24) is 9.88 Å². The predicted octanol–water partition coefficient (Wildman–Crippen LogP) is 4.89. The van der Waals surface area contributed by atoms with Crippen LogP contribution in [0.25, 0.3) is 11.1 Å². The van der Waals surface area contributed by atoms with Gasteiger partial charge in [-0.25, -0.2) is 4.98 Å². The van der Waals surface area contributed by atoms with Crippen LogP contribution in [-0.4, -0.2) is 34.0 Å². The van der Waals surface area contributed by atoms with Gasteiger partial charge in [-0.05, 0) is 35.6 Å². The number of aromatic nitrogens is 1. The van der Waals surface area contributed by atoms with Gasteiger partial charge in [-0.1, -0.05) is 60.7 Å². The maximum absolute atomic E-state index is 13.1. The smallest absolute Gasteiger partial charge is 0.227 e. The van der Waals surface area contributed by atoms with Crippen molar-refractivity contribution in [2.75, 3.05) is 0 Å². The van der Waals surface area contributed by atoms with E-state index in [-0.39, 0.29) is 24.1 Å². The Morgan fingerprint density at radius 3 is 2.20 bits per heavy atom. The third kappa shape index (κ3) is 3.95. The lowest BCUT2D eigenvalue weighted by Gasteiger charge is -2.38. The van der Waals surface area contributed by atoms with Crippen molar-refractivity contribution in [3.05, 3.63) is 84.6 Å². The number of hydrogen-bond acceptors (Lipinski definition) is 3. The predicted molar refractivity (Wildman–Crippen MR) is 117 cm³/mol. The molecule has 4 nitrogen and oxygen atoms in total. The van der Waals surface area contributed by atoms with Gasteiger partial charge < -0.3 is 9.64 Å². The fourth-order valence-corrected chi connectivity index (χ4v) is 4.93. The van der Waals surface area contributed by atoms with Crippen molar-refractivity contribution in [2.24, 2.45) is 0 Å². The summed E-state index contributed by atoms with van der Waals surface area (Å²) in [5.41, 5.74) is 3.45. The van der Waals surface area contributed by atoms with Crippen molar-refractivity contribution in [2.45, 2.75) is 50.3 Å². The minimum atomic E-state index is 0.145. The minimum Gasteiger partial charge on any atom is -0.474 e. The molecule has 0 aliphatic carbocycles. The fourth-order valence-electron chi connectivity index (χ4n) is 4.93. The first-order valence-electron chi connectivity index (χ1n) is 10.8. The number of pyridine rings is 1. The largest absolute Gasteiger partial charge is 0.474 e. The molecule has 1 aromatic heterocycles. The van der Waals surface area contributed by atoms with E-state index in [4.69, 9.17) is 4.74 Å². The number of ether oxygens (including phenoxy) is 1. The number of hydrogen-bond donors (Lipinski definition) is 0. The quantitative estimate of drug-likeness (QED) is 0.614. The van der Waals surface area contributed by atoms with Gasteiger partial charge in [0.2, 0.25) is 11.8 Å². The number of amides is 1. The second-order valence-corrected chi connectivity index (χ2v) is 8.30. The number of fused-ring (bicyclic) bond motifs is 2. The number of benzene rings is 2. The molecule has 0 spiro atoms. The molecule has 2 fully saturated rings. The highest BCUT2D eigenvalue weighted by molar-refractivity contribution is 5.80. The van der Waals surface area contributed by atoms with Crippen LogP contribution in [0.5, 0.6) is 5.88 Å². The van der Waals surface area contributed by atoms with Gasteiger partial charge >= 0.3 is 0 Å². The summed E-state index contributed by atoms with van der Waals surface area (Å²) in [6.07, 6.45) is 6.31. The van der Waals surface area contributed by atoms with Gasteiger partial charge in [0, 0.05) is 37.2 Å². The van der Waals surface area contributed by atoms with E-state index in [1.54, 1.807) is 6.20 Å². The Balaban J connectivity index is 1.22. The Bertz CT molecular complexity index is 975. The molecule has 2 saturated heterocycles. The van der Waals surface area contributed by atoms with Crippen molar-refractivity contribution >= 4 is 5.91 Å². The van der Waals surface area contributed by atoms with Gasteiger partial charge in [-0.3, -0.25) is 4.79 Å². The van der Waals surface area contributed by atoms with Crippen LogP contribution in [-0.2, 0) is 11.2 Å². The second-order valence-electron chi connectivity index (χ2n) is 8.30. The zero-order chi connectivity index (χ0) is 20.3. The number of carbonyl (C=O) groups is 1. The summed E-state index contributed by atoms with van der Waals surface area (Å²) >= 11 is 0. The topological polar surface area (TPSA) is 42.4 Å². The molecule has 1 amide bonds. The number of piperidine rings is 1. The van der Waals surface area contributed by atoms with Gasteiger partial charge in [0.1, 0.15) is 6.10 Å². The highest BCUT2D eigenvalue weighted by atomic mass is 16.5. The van der Waals surface area contributed by atoms with E-state index in [1.165, 1.54) is 11.1 Å². The summed E-state index contributed by atoms with van der Waals surface area (Å²) < 4.78 is 6.09. The summed E-state index contributed by atoms with van der Waals surface area (Å²) in [6, 6.07) is 25.0. The number of carbonyl (C=O) groups excluding carboxylic acids is 1. The van der Waals surface area contributed by atoms with E-state index in [2.05, 4.69) is 46.3 Å². The molecule has 2 bridgehead atoms. The van der Waals surface area contributed by atoms with Crippen LogP contribution in [0, 0.1) is 0 Å². The highest BCUT2D eigenvalue weighted by Gasteiger charge is 2.43. The zero-order valence-electron chi connectivity index (χ0n) is 17.0. The van der Waals surface area contributed by atoms with Crippen LogP contribution in [0.2, 0.25) is 0 Å². The highest BCUT2D eigenvalue weighted by Crippen LogP contribution is 2.37. The molecule has 2 aromatic carbocycles. The van der Waals surface area contributed by atoms with Gasteiger partial charge in [0.05, 0.1) is 6.42 Å². The van der Waals surface area contributed by atoms with Crippen molar-refractivity contribution in [1.29, 1.82) is 0 Å². The lowest BCUT2D eigenvalue weighted by Crippen LogP contribution is -2.49. The average molecular weight is 399 g/mol. The second kappa shape index (κ2) is 8.31. The fraction of sp³-hybridized carbons (Fsp3) is 0.308. The zero-order valence-corrected chi connectivity index (χ0v) is 17.0. The summed E-state index contributed by atoms with van der Waals surface area (Å²) in [4.78, 5) is 19.5. The molecular formula is C26H26N2O2. The maximum atomic E-state index is 13.1. The van der Waals surface area contributed by atoms with E-state index in [0.717, 1.165) is 31.2 Å². The monoisotopic (exact) mass is 398 g/mol. The van der Waals surface area contributed by atoms with Crippen molar-refractivity contribution in [3.8, 4) is 17.0 Å². The molecule has 0 radical (unpaired) electrons. The van der Waals surface area contributed by atoms with Crippen molar-refractivity contribution < 1.29 is 9.53 Å². The molecule has 3 heterocycles. The van der Waals surface area contributed by atoms with Gasteiger partial charge in [0.25, 0.3) is 0 Å².